The molecule has 0 aliphatic carbocycles. The lowest BCUT2D eigenvalue weighted by molar-refractivity contribution is 0.0474. The standard InChI is InChI=1S/C18H28F2N4O2/c1-17(2,3)26-16(25)24-18(4,5)11-23-15(21-6)22-10-12-9-13(19)7-8-14(12)20/h7-9H,10-11H2,1-6H3,(H,24,25)(H2,21,22,23). The summed E-state index contributed by atoms with van der Waals surface area (Å²) in [4.78, 5) is 15.9. The van der Waals surface area contributed by atoms with Crippen LogP contribution in [0, 0.1) is 11.6 Å². The Morgan fingerprint density at radius 1 is 1.15 bits per heavy atom. The molecular weight excluding hydrogens is 342 g/mol. The largest absolute Gasteiger partial charge is 0.444 e. The maximum Gasteiger partial charge on any atom is 0.408 e. The van der Waals surface area contributed by atoms with Crippen molar-refractivity contribution in [1.29, 1.82) is 0 Å². The quantitative estimate of drug-likeness (QED) is 0.550. The lowest BCUT2D eigenvalue weighted by Crippen LogP contribution is -2.54. The number of carbonyl (C=O) groups is 1. The van der Waals surface area contributed by atoms with Crippen LogP contribution in [0.25, 0.3) is 0 Å². The van der Waals surface area contributed by atoms with Crippen molar-refractivity contribution < 1.29 is 18.3 Å². The van der Waals surface area contributed by atoms with Gasteiger partial charge >= 0.3 is 6.09 Å². The van der Waals surface area contributed by atoms with E-state index >= 15 is 0 Å². The van der Waals surface area contributed by atoms with Crippen LogP contribution < -0.4 is 16.0 Å². The maximum atomic E-state index is 13.6. The molecule has 8 heteroatoms. The van der Waals surface area contributed by atoms with Crippen molar-refractivity contribution in [2.75, 3.05) is 13.6 Å². The molecule has 0 aromatic heterocycles. The number of nitrogens with one attached hydrogen (secondary N) is 3. The second-order valence-electron chi connectivity index (χ2n) is 7.53. The molecule has 0 radical (unpaired) electrons. The molecule has 0 spiro atoms. The monoisotopic (exact) mass is 370 g/mol. The third kappa shape index (κ3) is 8.13. The fourth-order valence-corrected chi connectivity index (χ4v) is 2.01. The maximum absolute atomic E-state index is 13.6. The normalized spacial score (nSPS) is 12.5. The number of amides is 1. The first kappa shape index (κ1) is 21.7. The lowest BCUT2D eigenvalue weighted by atomic mass is 10.1. The fraction of sp³-hybridized carbons (Fsp3) is 0.556. The molecule has 1 rings (SSSR count). The number of aliphatic imine (C=N–C) groups is 1. The molecule has 26 heavy (non-hydrogen) atoms. The first-order chi connectivity index (χ1) is 11.9. The van der Waals surface area contributed by atoms with E-state index in [1.54, 1.807) is 27.8 Å². The van der Waals surface area contributed by atoms with Crippen molar-refractivity contribution in [3.63, 3.8) is 0 Å². The minimum Gasteiger partial charge on any atom is -0.444 e. The molecule has 0 heterocycles. The zero-order valence-electron chi connectivity index (χ0n) is 16.2. The third-order valence-corrected chi connectivity index (χ3v) is 3.21. The SMILES string of the molecule is CN=C(NCc1cc(F)ccc1F)NCC(C)(C)NC(=O)OC(C)(C)C. The summed E-state index contributed by atoms with van der Waals surface area (Å²) in [6.45, 7) is 9.42. The van der Waals surface area contributed by atoms with Gasteiger partial charge in [0.15, 0.2) is 5.96 Å². The van der Waals surface area contributed by atoms with Crippen molar-refractivity contribution in [3.8, 4) is 0 Å². The van der Waals surface area contributed by atoms with E-state index in [4.69, 9.17) is 4.74 Å². The Morgan fingerprint density at radius 2 is 1.81 bits per heavy atom. The molecule has 1 aromatic carbocycles. The van der Waals surface area contributed by atoms with E-state index in [0.29, 0.717) is 12.5 Å². The Bertz CT molecular complexity index is 655. The summed E-state index contributed by atoms with van der Waals surface area (Å²) in [5.41, 5.74) is -1.01. The molecule has 146 valence electrons. The number of carbonyl (C=O) groups excluding carboxylic acids is 1. The van der Waals surface area contributed by atoms with E-state index in [1.807, 2.05) is 13.8 Å². The van der Waals surface area contributed by atoms with Gasteiger partial charge in [0.2, 0.25) is 0 Å². The summed E-state index contributed by atoms with van der Waals surface area (Å²) in [5.74, 6) is -0.608. The number of alkyl carbamates (subject to hydrolysis) is 1. The fourth-order valence-electron chi connectivity index (χ4n) is 2.01. The smallest absolute Gasteiger partial charge is 0.408 e. The highest BCUT2D eigenvalue weighted by Gasteiger charge is 2.24. The first-order valence-corrected chi connectivity index (χ1v) is 8.31. The highest BCUT2D eigenvalue weighted by Crippen LogP contribution is 2.10. The zero-order chi connectivity index (χ0) is 20.0. The summed E-state index contributed by atoms with van der Waals surface area (Å²) in [7, 11) is 1.56. The van der Waals surface area contributed by atoms with E-state index in [2.05, 4.69) is 20.9 Å². The second-order valence-corrected chi connectivity index (χ2v) is 7.53. The van der Waals surface area contributed by atoms with Crippen LogP contribution >= 0.6 is 0 Å². The van der Waals surface area contributed by atoms with Gasteiger partial charge in [0.25, 0.3) is 0 Å². The average Bonchev–Trinajstić information content (AvgIpc) is 2.48. The molecule has 6 nitrogen and oxygen atoms in total. The topological polar surface area (TPSA) is 74.8 Å². The highest BCUT2D eigenvalue weighted by molar-refractivity contribution is 5.79. The van der Waals surface area contributed by atoms with Crippen LogP contribution in [-0.4, -0.2) is 36.8 Å². The summed E-state index contributed by atoms with van der Waals surface area (Å²) >= 11 is 0. The second kappa shape index (κ2) is 8.82. The van der Waals surface area contributed by atoms with Gasteiger partial charge in [-0.3, -0.25) is 4.99 Å². The Labute approximate surface area is 153 Å². The van der Waals surface area contributed by atoms with Gasteiger partial charge in [-0.05, 0) is 52.8 Å². The molecule has 0 saturated carbocycles. The Morgan fingerprint density at radius 3 is 2.38 bits per heavy atom. The number of rotatable bonds is 5. The summed E-state index contributed by atoms with van der Waals surface area (Å²) in [5, 5.41) is 8.71. The molecule has 0 aliphatic heterocycles. The zero-order valence-corrected chi connectivity index (χ0v) is 16.2. The molecular formula is C18H28F2N4O2. The van der Waals surface area contributed by atoms with Crippen LogP contribution in [0.15, 0.2) is 23.2 Å². The van der Waals surface area contributed by atoms with Crippen molar-refractivity contribution in [1.82, 2.24) is 16.0 Å². The van der Waals surface area contributed by atoms with E-state index in [1.165, 1.54) is 0 Å². The molecule has 3 N–H and O–H groups in total. The Kier molecular flexibility index (Phi) is 7.35. The van der Waals surface area contributed by atoms with Crippen molar-refractivity contribution in [2.24, 2.45) is 4.99 Å². The van der Waals surface area contributed by atoms with Crippen LogP contribution in [0.5, 0.6) is 0 Å². The number of guanidine groups is 1. The van der Waals surface area contributed by atoms with E-state index in [-0.39, 0.29) is 12.1 Å². The minimum absolute atomic E-state index is 0.0726. The summed E-state index contributed by atoms with van der Waals surface area (Å²) in [6, 6.07) is 3.27. The number of ether oxygens (including phenoxy) is 1. The molecule has 0 bridgehead atoms. The van der Waals surface area contributed by atoms with Gasteiger partial charge in [-0.15, -0.1) is 0 Å². The highest BCUT2D eigenvalue weighted by atomic mass is 19.1. The lowest BCUT2D eigenvalue weighted by Gasteiger charge is -2.29. The third-order valence-electron chi connectivity index (χ3n) is 3.21. The van der Waals surface area contributed by atoms with Crippen molar-refractivity contribution in [2.45, 2.75) is 52.3 Å². The van der Waals surface area contributed by atoms with Crippen LogP contribution in [-0.2, 0) is 11.3 Å². The molecule has 0 atom stereocenters. The number of halogens is 2. The number of hydrogen-bond acceptors (Lipinski definition) is 3. The van der Waals surface area contributed by atoms with Crippen LogP contribution in [0.3, 0.4) is 0 Å². The molecule has 0 fully saturated rings. The molecule has 1 aromatic rings. The Hall–Kier alpha value is -2.38. The van der Waals surface area contributed by atoms with Gasteiger partial charge < -0.3 is 20.7 Å². The van der Waals surface area contributed by atoms with Gasteiger partial charge in [-0.25, -0.2) is 13.6 Å². The minimum atomic E-state index is -0.621. The van der Waals surface area contributed by atoms with Crippen LogP contribution in [0.2, 0.25) is 0 Å². The van der Waals surface area contributed by atoms with Crippen molar-refractivity contribution in [3.05, 3.63) is 35.4 Å². The van der Waals surface area contributed by atoms with Gasteiger partial charge in [0.05, 0.1) is 5.54 Å². The molecule has 0 aliphatic rings. The average molecular weight is 370 g/mol. The number of nitrogens with zero attached hydrogens (tertiary/aromatic N) is 1. The molecule has 0 unspecified atom stereocenters. The summed E-state index contributed by atoms with van der Waals surface area (Å²) in [6.07, 6.45) is -0.519. The van der Waals surface area contributed by atoms with Crippen molar-refractivity contribution >= 4 is 12.1 Å². The van der Waals surface area contributed by atoms with E-state index < -0.39 is 28.9 Å². The first-order valence-electron chi connectivity index (χ1n) is 8.31. The Balaban J connectivity index is 2.55. The van der Waals surface area contributed by atoms with E-state index in [9.17, 15) is 13.6 Å². The van der Waals surface area contributed by atoms with Gasteiger partial charge in [0, 0.05) is 25.7 Å². The predicted octanol–water partition coefficient (Wildman–Crippen LogP) is 2.93. The predicted molar refractivity (Wildman–Crippen MR) is 98.0 cm³/mol. The molecule has 0 saturated heterocycles. The van der Waals surface area contributed by atoms with Crippen LogP contribution in [0.4, 0.5) is 13.6 Å². The van der Waals surface area contributed by atoms with Crippen LogP contribution in [0.1, 0.15) is 40.2 Å². The number of hydrogen-bond donors (Lipinski definition) is 3. The summed E-state index contributed by atoms with van der Waals surface area (Å²) < 4.78 is 32.1. The van der Waals surface area contributed by atoms with E-state index in [0.717, 1.165) is 18.2 Å². The van der Waals surface area contributed by atoms with Gasteiger partial charge in [-0.2, -0.15) is 0 Å². The molecule has 1 amide bonds. The number of benzene rings is 1. The van der Waals surface area contributed by atoms with Gasteiger partial charge in [0.1, 0.15) is 17.2 Å². The van der Waals surface area contributed by atoms with Gasteiger partial charge in [-0.1, -0.05) is 0 Å².